The summed E-state index contributed by atoms with van der Waals surface area (Å²) < 4.78 is 7.09. The van der Waals surface area contributed by atoms with E-state index in [1.165, 1.54) is 0 Å². The van der Waals surface area contributed by atoms with Crippen LogP contribution in [0, 0.1) is 0 Å². The van der Waals surface area contributed by atoms with E-state index in [0.717, 1.165) is 42.8 Å². The number of hydrogen-bond acceptors (Lipinski definition) is 5. The van der Waals surface area contributed by atoms with E-state index in [9.17, 15) is 0 Å². The van der Waals surface area contributed by atoms with Gasteiger partial charge in [-0.3, -0.25) is 4.68 Å². The first-order valence-electron chi connectivity index (χ1n) is 7.23. The van der Waals surface area contributed by atoms with E-state index >= 15 is 0 Å². The number of nitrogens with two attached hydrogens (primary N) is 1. The third-order valence-corrected chi connectivity index (χ3v) is 3.98. The summed E-state index contributed by atoms with van der Waals surface area (Å²) in [6, 6.07) is 1.96. The van der Waals surface area contributed by atoms with Gasteiger partial charge in [-0.15, -0.1) is 0 Å². The van der Waals surface area contributed by atoms with Gasteiger partial charge in [0.25, 0.3) is 0 Å². The largest absolute Gasteiger partial charge is 0.480 e. The Morgan fingerprint density at radius 1 is 1.38 bits per heavy atom. The summed E-state index contributed by atoms with van der Waals surface area (Å²) in [5.74, 6) is 0.937. The van der Waals surface area contributed by atoms with Crippen molar-refractivity contribution in [2.24, 2.45) is 7.05 Å². The Morgan fingerprint density at radius 2 is 2.14 bits per heavy atom. The predicted octanol–water partition coefficient (Wildman–Crippen LogP) is 1.54. The molecular weight excluding hydrogens is 266 g/mol. The van der Waals surface area contributed by atoms with Gasteiger partial charge in [0.1, 0.15) is 0 Å². The predicted molar refractivity (Wildman–Crippen MR) is 82.2 cm³/mol. The number of nitrogens with zero attached hydrogens (tertiary/aromatic N) is 3. The number of nitrogens with one attached hydrogen (secondary N) is 1. The Morgan fingerprint density at radius 3 is 2.76 bits per heavy atom. The van der Waals surface area contributed by atoms with Crippen molar-refractivity contribution >= 4 is 5.69 Å². The number of aromatic nitrogens is 3. The van der Waals surface area contributed by atoms with Crippen LogP contribution in [0.4, 0.5) is 5.69 Å². The average Bonchev–Trinajstić information content (AvgIpc) is 2.94. The zero-order valence-electron chi connectivity index (χ0n) is 12.5. The first-order chi connectivity index (χ1) is 10.2. The van der Waals surface area contributed by atoms with Crippen LogP contribution in [-0.4, -0.2) is 35.0 Å². The fourth-order valence-electron chi connectivity index (χ4n) is 2.89. The summed E-state index contributed by atoms with van der Waals surface area (Å²) in [7, 11) is 3.52. The van der Waals surface area contributed by atoms with Crippen molar-refractivity contribution in [2.45, 2.75) is 18.8 Å². The van der Waals surface area contributed by atoms with Crippen molar-refractivity contribution in [1.29, 1.82) is 0 Å². The highest BCUT2D eigenvalue weighted by Crippen LogP contribution is 2.36. The van der Waals surface area contributed by atoms with Gasteiger partial charge in [-0.1, -0.05) is 0 Å². The number of anilines is 1. The smallest absolute Gasteiger partial charge is 0.237 e. The molecule has 0 atom stereocenters. The molecule has 0 aliphatic carbocycles. The Kier molecular flexibility index (Phi) is 3.79. The molecule has 0 spiro atoms. The van der Waals surface area contributed by atoms with Crippen LogP contribution < -0.4 is 15.8 Å². The SMILES string of the molecule is COc1nc(C2CCNCC2)c(-c2cnn(C)c2)cc1N. The molecule has 2 aromatic heterocycles. The molecule has 6 heteroatoms. The van der Waals surface area contributed by atoms with Crippen LogP contribution >= 0.6 is 0 Å². The molecule has 3 rings (SSSR count). The molecule has 6 nitrogen and oxygen atoms in total. The van der Waals surface area contributed by atoms with Gasteiger partial charge in [0.15, 0.2) is 0 Å². The Bertz CT molecular complexity index is 631. The minimum atomic E-state index is 0.427. The summed E-state index contributed by atoms with van der Waals surface area (Å²) in [5, 5.41) is 7.64. The van der Waals surface area contributed by atoms with Crippen molar-refractivity contribution in [3.05, 3.63) is 24.2 Å². The summed E-state index contributed by atoms with van der Waals surface area (Å²) in [4.78, 5) is 4.69. The molecule has 1 aliphatic heterocycles. The molecule has 0 radical (unpaired) electrons. The van der Waals surface area contributed by atoms with Crippen molar-refractivity contribution in [2.75, 3.05) is 25.9 Å². The van der Waals surface area contributed by atoms with Crippen LogP contribution in [0.2, 0.25) is 0 Å². The van der Waals surface area contributed by atoms with E-state index in [1.807, 2.05) is 25.5 Å². The number of hydrogen-bond donors (Lipinski definition) is 2. The highest BCUT2D eigenvalue weighted by Gasteiger charge is 2.23. The van der Waals surface area contributed by atoms with Crippen LogP contribution in [0.15, 0.2) is 18.5 Å². The monoisotopic (exact) mass is 287 g/mol. The lowest BCUT2D eigenvalue weighted by Crippen LogP contribution is -2.27. The molecule has 0 unspecified atom stereocenters. The quantitative estimate of drug-likeness (QED) is 0.895. The maximum atomic E-state index is 6.05. The van der Waals surface area contributed by atoms with Crippen LogP contribution in [0.1, 0.15) is 24.5 Å². The molecule has 3 heterocycles. The molecule has 0 bridgehead atoms. The third-order valence-electron chi connectivity index (χ3n) is 3.98. The molecule has 1 saturated heterocycles. The lowest BCUT2D eigenvalue weighted by molar-refractivity contribution is 0.392. The molecule has 3 N–H and O–H groups in total. The Hall–Kier alpha value is -2.08. The average molecular weight is 287 g/mol. The zero-order chi connectivity index (χ0) is 14.8. The first kappa shape index (κ1) is 13.9. The van der Waals surface area contributed by atoms with Gasteiger partial charge in [-0.25, -0.2) is 4.98 Å². The third kappa shape index (κ3) is 2.71. The van der Waals surface area contributed by atoms with Crippen LogP contribution in [-0.2, 0) is 7.05 Å². The number of ether oxygens (including phenoxy) is 1. The lowest BCUT2D eigenvalue weighted by Gasteiger charge is -2.24. The minimum Gasteiger partial charge on any atom is -0.480 e. The molecule has 1 aliphatic rings. The van der Waals surface area contributed by atoms with E-state index in [4.69, 9.17) is 10.5 Å². The Labute approximate surface area is 124 Å². The first-order valence-corrected chi connectivity index (χ1v) is 7.23. The maximum absolute atomic E-state index is 6.05. The van der Waals surface area contributed by atoms with E-state index < -0.39 is 0 Å². The number of piperidine rings is 1. The molecule has 0 amide bonds. The van der Waals surface area contributed by atoms with Crippen molar-refractivity contribution in [1.82, 2.24) is 20.1 Å². The van der Waals surface area contributed by atoms with E-state index in [1.54, 1.807) is 11.8 Å². The van der Waals surface area contributed by atoms with E-state index in [0.29, 0.717) is 17.5 Å². The fourth-order valence-corrected chi connectivity index (χ4v) is 2.89. The fraction of sp³-hybridized carbons (Fsp3) is 0.467. The van der Waals surface area contributed by atoms with Crippen molar-refractivity contribution in [3.8, 4) is 17.0 Å². The second-order valence-corrected chi connectivity index (χ2v) is 5.45. The Balaban J connectivity index is 2.09. The topological polar surface area (TPSA) is 78.0 Å². The standard InChI is InChI=1S/C15H21N5O/c1-20-9-11(8-18-20)12-7-13(16)15(21-2)19-14(12)10-3-5-17-6-4-10/h7-10,17H,3-6,16H2,1-2H3. The zero-order valence-corrected chi connectivity index (χ0v) is 12.5. The summed E-state index contributed by atoms with van der Waals surface area (Å²) >= 11 is 0. The van der Waals surface area contributed by atoms with Gasteiger partial charge in [0.2, 0.25) is 5.88 Å². The second kappa shape index (κ2) is 5.73. The lowest BCUT2D eigenvalue weighted by atomic mass is 9.89. The molecule has 21 heavy (non-hydrogen) atoms. The van der Waals surface area contributed by atoms with Gasteiger partial charge in [-0.2, -0.15) is 5.10 Å². The summed E-state index contributed by atoms with van der Waals surface area (Å²) in [6.07, 6.45) is 6.00. The van der Waals surface area contributed by atoms with Crippen molar-refractivity contribution < 1.29 is 4.74 Å². The van der Waals surface area contributed by atoms with E-state index in [-0.39, 0.29) is 0 Å². The maximum Gasteiger partial charge on any atom is 0.237 e. The highest BCUT2D eigenvalue weighted by molar-refractivity contribution is 5.71. The normalized spacial score (nSPS) is 16.1. The number of aryl methyl sites for hydroxylation is 1. The van der Waals surface area contributed by atoms with Gasteiger partial charge in [-0.05, 0) is 32.0 Å². The molecule has 112 valence electrons. The van der Waals surface area contributed by atoms with Crippen molar-refractivity contribution in [3.63, 3.8) is 0 Å². The summed E-state index contributed by atoms with van der Waals surface area (Å²) in [5.41, 5.74) is 9.79. The minimum absolute atomic E-state index is 0.427. The van der Waals surface area contributed by atoms with Gasteiger partial charge >= 0.3 is 0 Å². The van der Waals surface area contributed by atoms with Crippen LogP contribution in [0.5, 0.6) is 5.88 Å². The molecule has 0 saturated carbocycles. The summed E-state index contributed by atoms with van der Waals surface area (Å²) in [6.45, 7) is 2.04. The number of methoxy groups -OCH3 is 1. The molecule has 2 aromatic rings. The highest BCUT2D eigenvalue weighted by atomic mass is 16.5. The molecule has 0 aromatic carbocycles. The van der Waals surface area contributed by atoms with Gasteiger partial charge in [0, 0.05) is 30.3 Å². The van der Waals surface area contributed by atoms with Crippen LogP contribution in [0.3, 0.4) is 0 Å². The van der Waals surface area contributed by atoms with Gasteiger partial charge < -0.3 is 15.8 Å². The van der Waals surface area contributed by atoms with Crippen LogP contribution in [0.25, 0.3) is 11.1 Å². The molecular formula is C15H21N5O. The molecule has 1 fully saturated rings. The second-order valence-electron chi connectivity index (χ2n) is 5.45. The number of pyridine rings is 1. The van der Waals surface area contributed by atoms with Gasteiger partial charge in [0.05, 0.1) is 24.7 Å². The van der Waals surface area contributed by atoms with E-state index in [2.05, 4.69) is 15.4 Å². The number of nitrogen functional groups attached to an aromatic ring is 1. The number of rotatable bonds is 3.